The minimum Gasteiger partial charge on any atom is -0.351 e. The fourth-order valence-electron chi connectivity index (χ4n) is 3.06. The predicted molar refractivity (Wildman–Crippen MR) is 81.1 cm³/mol. The molecular formula is C16H32N2O. The van der Waals surface area contributed by atoms with Crippen LogP contribution in [0.2, 0.25) is 0 Å². The molecule has 1 fully saturated rings. The molecule has 3 nitrogen and oxygen atoms in total. The maximum Gasteiger partial charge on any atom is 0.221 e. The van der Waals surface area contributed by atoms with E-state index < -0.39 is 0 Å². The van der Waals surface area contributed by atoms with Crippen molar-refractivity contribution in [2.24, 2.45) is 11.8 Å². The number of amides is 1. The molecule has 1 aliphatic rings. The minimum absolute atomic E-state index is 0.123. The summed E-state index contributed by atoms with van der Waals surface area (Å²) in [6.07, 6.45) is 5.88. The number of rotatable bonds is 5. The van der Waals surface area contributed by atoms with Gasteiger partial charge in [-0.3, -0.25) is 4.79 Å². The van der Waals surface area contributed by atoms with E-state index in [4.69, 9.17) is 0 Å². The van der Waals surface area contributed by atoms with Crippen LogP contribution >= 0.6 is 0 Å². The molecule has 0 bridgehead atoms. The number of carbonyl (C=O) groups excluding carboxylic acids is 1. The van der Waals surface area contributed by atoms with Crippen LogP contribution in [0.3, 0.4) is 0 Å². The third kappa shape index (κ3) is 6.42. The number of hydrogen-bond donors (Lipinski definition) is 2. The third-order valence-corrected chi connectivity index (χ3v) is 3.95. The Morgan fingerprint density at radius 1 is 1.21 bits per heavy atom. The Morgan fingerprint density at radius 2 is 1.84 bits per heavy atom. The lowest BCUT2D eigenvalue weighted by molar-refractivity contribution is -0.122. The van der Waals surface area contributed by atoms with Crippen LogP contribution in [0.25, 0.3) is 0 Å². The Morgan fingerprint density at radius 3 is 2.42 bits per heavy atom. The second-order valence-corrected chi connectivity index (χ2v) is 7.30. The molecule has 0 aromatic rings. The molecular weight excluding hydrogens is 236 g/mol. The SMILES string of the molecule is CC(C)C1CCCCC1NCCC(=O)NC(C)(C)C. The van der Waals surface area contributed by atoms with E-state index >= 15 is 0 Å². The van der Waals surface area contributed by atoms with Gasteiger partial charge in [0, 0.05) is 24.5 Å². The van der Waals surface area contributed by atoms with Gasteiger partial charge in [-0.25, -0.2) is 0 Å². The van der Waals surface area contributed by atoms with E-state index in [2.05, 4.69) is 24.5 Å². The van der Waals surface area contributed by atoms with Crippen LogP contribution in [0.15, 0.2) is 0 Å². The van der Waals surface area contributed by atoms with Crippen LogP contribution in [0, 0.1) is 11.8 Å². The van der Waals surface area contributed by atoms with Gasteiger partial charge in [-0.15, -0.1) is 0 Å². The monoisotopic (exact) mass is 268 g/mol. The summed E-state index contributed by atoms with van der Waals surface area (Å²) < 4.78 is 0. The third-order valence-electron chi connectivity index (χ3n) is 3.95. The van der Waals surface area contributed by atoms with Crippen molar-refractivity contribution in [3.8, 4) is 0 Å². The summed E-state index contributed by atoms with van der Waals surface area (Å²) in [6.45, 7) is 11.5. The van der Waals surface area contributed by atoms with Gasteiger partial charge in [-0.05, 0) is 45.4 Å². The number of hydrogen-bond acceptors (Lipinski definition) is 2. The molecule has 1 amide bonds. The van der Waals surface area contributed by atoms with Gasteiger partial charge < -0.3 is 10.6 Å². The molecule has 0 aromatic heterocycles. The number of nitrogens with one attached hydrogen (secondary N) is 2. The minimum atomic E-state index is -0.123. The smallest absolute Gasteiger partial charge is 0.221 e. The van der Waals surface area contributed by atoms with Crippen molar-refractivity contribution < 1.29 is 4.79 Å². The molecule has 2 unspecified atom stereocenters. The van der Waals surface area contributed by atoms with Gasteiger partial charge in [0.25, 0.3) is 0 Å². The van der Waals surface area contributed by atoms with E-state index in [1.165, 1.54) is 25.7 Å². The Balaban J connectivity index is 2.29. The molecule has 0 aliphatic heterocycles. The molecule has 1 aliphatic carbocycles. The van der Waals surface area contributed by atoms with Gasteiger partial charge in [0.1, 0.15) is 0 Å². The Labute approximate surface area is 118 Å². The average Bonchev–Trinajstić information content (AvgIpc) is 2.27. The van der Waals surface area contributed by atoms with Gasteiger partial charge in [0.15, 0.2) is 0 Å². The lowest BCUT2D eigenvalue weighted by Gasteiger charge is -2.35. The standard InChI is InChI=1S/C16H32N2O/c1-12(2)13-8-6-7-9-14(13)17-11-10-15(19)18-16(3,4)5/h12-14,17H,6-11H2,1-5H3,(H,18,19). The van der Waals surface area contributed by atoms with Crippen LogP contribution in [-0.4, -0.2) is 24.0 Å². The summed E-state index contributed by atoms with van der Waals surface area (Å²) in [5.74, 6) is 1.66. The van der Waals surface area contributed by atoms with E-state index in [9.17, 15) is 4.79 Å². The zero-order valence-electron chi connectivity index (χ0n) is 13.4. The molecule has 0 heterocycles. The Kier molecular flexibility index (Phi) is 6.31. The zero-order chi connectivity index (χ0) is 14.5. The van der Waals surface area contributed by atoms with Crippen LogP contribution in [0.5, 0.6) is 0 Å². The van der Waals surface area contributed by atoms with Crippen LogP contribution < -0.4 is 10.6 Å². The largest absolute Gasteiger partial charge is 0.351 e. The lowest BCUT2D eigenvalue weighted by Crippen LogP contribution is -2.44. The second-order valence-electron chi connectivity index (χ2n) is 7.30. The highest BCUT2D eigenvalue weighted by Crippen LogP contribution is 2.30. The zero-order valence-corrected chi connectivity index (χ0v) is 13.4. The highest BCUT2D eigenvalue weighted by atomic mass is 16.1. The summed E-state index contributed by atoms with van der Waals surface area (Å²) in [4.78, 5) is 11.8. The van der Waals surface area contributed by atoms with E-state index in [1.54, 1.807) is 0 Å². The van der Waals surface area contributed by atoms with E-state index in [-0.39, 0.29) is 11.4 Å². The van der Waals surface area contributed by atoms with Crippen molar-refractivity contribution >= 4 is 5.91 Å². The fourth-order valence-corrected chi connectivity index (χ4v) is 3.06. The molecule has 112 valence electrons. The molecule has 0 spiro atoms. The lowest BCUT2D eigenvalue weighted by atomic mass is 9.78. The first-order chi connectivity index (χ1) is 8.79. The summed E-state index contributed by atoms with van der Waals surface area (Å²) in [7, 11) is 0. The van der Waals surface area contributed by atoms with Crippen molar-refractivity contribution in [3.05, 3.63) is 0 Å². The first-order valence-electron chi connectivity index (χ1n) is 7.84. The van der Waals surface area contributed by atoms with Gasteiger partial charge in [0.05, 0.1) is 0 Å². The van der Waals surface area contributed by atoms with E-state index in [1.807, 2.05) is 20.8 Å². The summed E-state index contributed by atoms with van der Waals surface area (Å²) >= 11 is 0. The molecule has 0 saturated heterocycles. The topological polar surface area (TPSA) is 41.1 Å². The summed E-state index contributed by atoms with van der Waals surface area (Å²) in [5.41, 5.74) is -0.123. The fraction of sp³-hybridized carbons (Fsp3) is 0.938. The first kappa shape index (κ1) is 16.5. The van der Waals surface area contributed by atoms with Gasteiger partial charge in [0.2, 0.25) is 5.91 Å². The van der Waals surface area contributed by atoms with Crippen molar-refractivity contribution in [2.45, 2.75) is 78.3 Å². The summed E-state index contributed by atoms with van der Waals surface area (Å²) in [6, 6.07) is 0.608. The van der Waals surface area contributed by atoms with Crippen molar-refractivity contribution in [3.63, 3.8) is 0 Å². The van der Waals surface area contributed by atoms with Crippen LogP contribution in [0.1, 0.15) is 66.7 Å². The van der Waals surface area contributed by atoms with Crippen LogP contribution in [-0.2, 0) is 4.79 Å². The first-order valence-corrected chi connectivity index (χ1v) is 7.84. The quantitative estimate of drug-likeness (QED) is 0.804. The maximum absolute atomic E-state index is 11.8. The van der Waals surface area contributed by atoms with E-state index in [0.29, 0.717) is 12.5 Å². The van der Waals surface area contributed by atoms with Gasteiger partial charge >= 0.3 is 0 Å². The maximum atomic E-state index is 11.8. The highest BCUT2D eigenvalue weighted by molar-refractivity contribution is 5.76. The molecule has 2 atom stereocenters. The average molecular weight is 268 g/mol. The van der Waals surface area contributed by atoms with Crippen molar-refractivity contribution in [1.82, 2.24) is 10.6 Å². The van der Waals surface area contributed by atoms with Crippen molar-refractivity contribution in [1.29, 1.82) is 0 Å². The normalized spacial score (nSPS) is 24.5. The van der Waals surface area contributed by atoms with Crippen LogP contribution in [0.4, 0.5) is 0 Å². The summed E-state index contributed by atoms with van der Waals surface area (Å²) in [5, 5.41) is 6.62. The Hall–Kier alpha value is -0.570. The Bertz CT molecular complexity index is 281. The molecule has 19 heavy (non-hydrogen) atoms. The molecule has 1 rings (SSSR count). The van der Waals surface area contributed by atoms with Crippen molar-refractivity contribution in [2.75, 3.05) is 6.54 Å². The molecule has 2 N–H and O–H groups in total. The molecule has 3 heteroatoms. The molecule has 0 aromatic carbocycles. The molecule has 0 radical (unpaired) electrons. The highest BCUT2D eigenvalue weighted by Gasteiger charge is 2.27. The number of carbonyl (C=O) groups is 1. The van der Waals surface area contributed by atoms with E-state index in [0.717, 1.165) is 18.4 Å². The second kappa shape index (κ2) is 7.28. The van der Waals surface area contributed by atoms with Gasteiger partial charge in [-0.1, -0.05) is 26.7 Å². The molecule has 1 saturated carbocycles. The predicted octanol–water partition coefficient (Wildman–Crippen LogP) is 3.10. The van der Waals surface area contributed by atoms with Gasteiger partial charge in [-0.2, -0.15) is 0 Å².